The van der Waals surface area contributed by atoms with Crippen LogP contribution >= 0.6 is 11.3 Å². The number of benzene rings is 1. The molecule has 0 atom stereocenters. The Morgan fingerprint density at radius 1 is 1.14 bits per heavy atom. The van der Waals surface area contributed by atoms with Crippen molar-refractivity contribution in [1.82, 2.24) is 24.8 Å². The van der Waals surface area contributed by atoms with Crippen LogP contribution in [0.25, 0.3) is 11.4 Å². The van der Waals surface area contributed by atoms with Crippen LogP contribution in [0.1, 0.15) is 11.3 Å². The summed E-state index contributed by atoms with van der Waals surface area (Å²) in [5, 5.41) is 14.3. The molecule has 0 aliphatic rings. The molecule has 7 heteroatoms. The average Bonchev–Trinajstić information content (AvgIpc) is 3.06. The summed E-state index contributed by atoms with van der Waals surface area (Å²) in [6.45, 7) is 5.04. The molecule has 0 spiro atoms. The quantitative estimate of drug-likeness (QED) is 0.738. The van der Waals surface area contributed by atoms with Gasteiger partial charge in [-0.1, -0.05) is 41.2 Å². The van der Waals surface area contributed by atoms with Gasteiger partial charge in [-0.25, -0.2) is 0 Å². The van der Waals surface area contributed by atoms with Crippen LogP contribution in [0.3, 0.4) is 0 Å². The van der Waals surface area contributed by atoms with Crippen molar-refractivity contribution in [2.24, 2.45) is 0 Å². The second-order valence-electron chi connectivity index (χ2n) is 4.87. The van der Waals surface area contributed by atoms with Gasteiger partial charge in [0.1, 0.15) is 0 Å². The molecular weight excluding hydrogens is 286 g/mol. The molecule has 0 N–H and O–H groups in total. The number of thiazole rings is 1. The van der Waals surface area contributed by atoms with Crippen LogP contribution in [0.4, 0.5) is 0 Å². The number of aryl methyl sites for hydroxylation is 3. The van der Waals surface area contributed by atoms with Gasteiger partial charge in [-0.15, -0.1) is 10.2 Å². The van der Waals surface area contributed by atoms with E-state index in [1.165, 1.54) is 21.7 Å². The summed E-state index contributed by atoms with van der Waals surface area (Å²) in [5.41, 5.74) is 3.10. The topological polar surface area (TPSA) is 65.6 Å². The fraction of sp³-hybridized carbons (Fsp3) is 0.286. The first-order valence-electron chi connectivity index (χ1n) is 6.63. The number of hydrogen-bond donors (Lipinski definition) is 0. The summed E-state index contributed by atoms with van der Waals surface area (Å²) in [6.07, 6.45) is 0. The van der Waals surface area contributed by atoms with Gasteiger partial charge in [-0.05, 0) is 19.1 Å². The second-order valence-corrected chi connectivity index (χ2v) is 5.69. The number of rotatable bonds is 4. The second kappa shape index (κ2) is 5.61. The molecule has 0 radical (unpaired) electrons. The predicted molar refractivity (Wildman–Crippen MR) is 81.3 cm³/mol. The van der Waals surface area contributed by atoms with Crippen molar-refractivity contribution < 1.29 is 0 Å². The summed E-state index contributed by atoms with van der Waals surface area (Å²) in [7, 11) is 0. The van der Waals surface area contributed by atoms with Crippen molar-refractivity contribution in [1.29, 1.82) is 0 Å². The first-order valence-corrected chi connectivity index (χ1v) is 7.51. The summed E-state index contributed by atoms with van der Waals surface area (Å²) in [5.74, 6) is 0.601. The molecule has 0 aliphatic heterocycles. The third kappa shape index (κ3) is 2.92. The van der Waals surface area contributed by atoms with Crippen molar-refractivity contribution in [2.45, 2.75) is 26.9 Å². The molecule has 0 amide bonds. The van der Waals surface area contributed by atoms with Crippen molar-refractivity contribution >= 4 is 11.3 Å². The molecule has 3 rings (SSSR count). The third-order valence-corrected chi connectivity index (χ3v) is 4.14. The minimum Gasteiger partial charge on any atom is -0.301 e. The zero-order chi connectivity index (χ0) is 14.8. The lowest BCUT2D eigenvalue weighted by Gasteiger charge is -2.02. The lowest BCUT2D eigenvalue weighted by Crippen LogP contribution is -2.19. The number of nitrogens with zero attached hydrogens (tertiary/aromatic N) is 5. The standard InChI is InChI=1S/C14H15N5OS/c1-10-3-5-12(6-4-10)13-15-17-19(16-13)8-7-18-11(2)9-21-14(18)20/h3-6,9H,7-8H2,1-2H3. The van der Waals surface area contributed by atoms with Gasteiger partial charge in [0, 0.05) is 23.2 Å². The largest absolute Gasteiger partial charge is 0.307 e. The minimum atomic E-state index is 0.0476. The van der Waals surface area contributed by atoms with Crippen molar-refractivity contribution in [3.8, 4) is 11.4 Å². The average molecular weight is 301 g/mol. The molecule has 2 heterocycles. The highest BCUT2D eigenvalue weighted by molar-refractivity contribution is 7.07. The molecule has 0 unspecified atom stereocenters. The zero-order valence-corrected chi connectivity index (χ0v) is 12.7. The number of tetrazole rings is 1. The highest BCUT2D eigenvalue weighted by Crippen LogP contribution is 2.13. The Morgan fingerprint density at radius 3 is 2.57 bits per heavy atom. The molecule has 6 nitrogen and oxygen atoms in total. The van der Waals surface area contributed by atoms with E-state index in [0.717, 1.165) is 11.3 Å². The van der Waals surface area contributed by atoms with Gasteiger partial charge in [0.05, 0.1) is 6.54 Å². The first-order chi connectivity index (χ1) is 10.1. The summed E-state index contributed by atoms with van der Waals surface area (Å²) >= 11 is 1.21. The summed E-state index contributed by atoms with van der Waals surface area (Å²) < 4.78 is 1.72. The maximum atomic E-state index is 11.6. The molecule has 0 saturated heterocycles. The van der Waals surface area contributed by atoms with Gasteiger partial charge < -0.3 is 4.57 Å². The smallest absolute Gasteiger partial charge is 0.301 e. The predicted octanol–water partition coefficient (Wildman–Crippen LogP) is 1.88. The van der Waals surface area contributed by atoms with Gasteiger partial charge in [0.25, 0.3) is 0 Å². The van der Waals surface area contributed by atoms with Gasteiger partial charge in [0.15, 0.2) is 0 Å². The van der Waals surface area contributed by atoms with E-state index in [0.29, 0.717) is 18.9 Å². The Hall–Kier alpha value is -2.28. The molecule has 2 aromatic heterocycles. The molecule has 21 heavy (non-hydrogen) atoms. The van der Waals surface area contributed by atoms with E-state index < -0.39 is 0 Å². The molecule has 108 valence electrons. The normalized spacial score (nSPS) is 11.0. The Bertz CT molecular complexity index is 799. The van der Waals surface area contributed by atoms with E-state index in [-0.39, 0.29) is 4.87 Å². The van der Waals surface area contributed by atoms with Crippen molar-refractivity contribution in [3.05, 3.63) is 50.6 Å². The molecule has 1 aromatic carbocycles. The maximum absolute atomic E-state index is 11.6. The summed E-state index contributed by atoms with van der Waals surface area (Å²) in [4.78, 5) is 13.2. The van der Waals surface area contributed by atoms with E-state index in [9.17, 15) is 4.79 Å². The van der Waals surface area contributed by atoms with E-state index >= 15 is 0 Å². The van der Waals surface area contributed by atoms with Crippen molar-refractivity contribution in [3.63, 3.8) is 0 Å². The molecule has 0 saturated carbocycles. The van der Waals surface area contributed by atoms with Gasteiger partial charge in [0.2, 0.25) is 5.82 Å². The number of hydrogen-bond acceptors (Lipinski definition) is 5. The van der Waals surface area contributed by atoms with E-state index in [2.05, 4.69) is 15.4 Å². The molecule has 3 aromatic rings. The lowest BCUT2D eigenvalue weighted by molar-refractivity contribution is 0.465. The van der Waals surface area contributed by atoms with Crippen LogP contribution in [-0.2, 0) is 13.1 Å². The van der Waals surface area contributed by atoms with Gasteiger partial charge in [-0.3, -0.25) is 4.79 Å². The van der Waals surface area contributed by atoms with Crippen LogP contribution in [0.2, 0.25) is 0 Å². The monoisotopic (exact) mass is 301 g/mol. The Morgan fingerprint density at radius 2 is 1.90 bits per heavy atom. The maximum Gasteiger partial charge on any atom is 0.307 e. The van der Waals surface area contributed by atoms with Gasteiger partial charge in [-0.2, -0.15) is 4.80 Å². The minimum absolute atomic E-state index is 0.0476. The van der Waals surface area contributed by atoms with E-state index in [1.807, 2.05) is 43.5 Å². The summed E-state index contributed by atoms with van der Waals surface area (Å²) in [6, 6.07) is 7.99. The lowest BCUT2D eigenvalue weighted by atomic mass is 10.1. The highest BCUT2D eigenvalue weighted by atomic mass is 32.1. The first kappa shape index (κ1) is 13.7. The fourth-order valence-corrected chi connectivity index (χ4v) is 2.78. The van der Waals surface area contributed by atoms with Crippen LogP contribution in [-0.4, -0.2) is 24.8 Å². The van der Waals surface area contributed by atoms with Crippen LogP contribution < -0.4 is 4.87 Å². The SMILES string of the molecule is Cc1ccc(-c2nnn(CCn3c(C)csc3=O)n2)cc1. The van der Waals surface area contributed by atoms with E-state index in [4.69, 9.17) is 0 Å². The van der Waals surface area contributed by atoms with Crippen LogP contribution in [0.5, 0.6) is 0 Å². The fourth-order valence-electron chi connectivity index (χ4n) is 2.02. The van der Waals surface area contributed by atoms with Crippen molar-refractivity contribution in [2.75, 3.05) is 0 Å². The van der Waals surface area contributed by atoms with Crippen LogP contribution in [0.15, 0.2) is 34.4 Å². The zero-order valence-electron chi connectivity index (χ0n) is 11.9. The third-order valence-electron chi connectivity index (χ3n) is 3.26. The van der Waals surface area contributed by atoms with Gasteiger partial charge >= 0.3 is 4.87 Å². The molecular formula is C14H15N5OS. The molecule has 0 bridgehead atoms. The van der Waals surface area contributed by atoms with E-state index in [1.54, 1.807) is 4.57 Å². The number of aromatic nitrogens is 5. The Balaban J connectivity index is 1.74. The van der Waals surface area contributed by atoms with Crippen LogP contribution in [0, 0.1) is 13.8 Å². The Labute approximate surface area is 125 Å². The highest BCUT2D eigenvalue weighted by Gasteiger charge is 2.07. The Kier molecular flexibility index (Phi) is 3.66. The molecule has 0 fully saturated rings. The molecule has 0 aliphatic carbocycles.